The van der Waals surface area contributed by atoms with Gasteiger partial charge < -0.3 is 14.5 Å². The highest BCUT2D eigenvalue weighted by molar-refractivity contribution is 5.79. The third-order valence-electron chi connectivity index (χ3n) is 5.14. The second-order valence-corrected chi connectivity index (χ2v) is 6.78. The topological polar surface area (TPSA) is 67.6 Å². The molecule has 0 saturated carbocycles. The van der Waals surface area contributed by atoms with Gasteiger partial charge in [-0.25, -0.2) is 0 Å². The van der Waals surface area contributed by atoms with Crippen LogP contribution < -0.4 is 5.32 Å². The van der Waals surface area contributed by atoms with E-state index in [1.165, 1.54) is 5.56 Å². The maximum absolute atomic E-state index is 12.6. The number of hydrogen-bond donors (Lipinski definition) is 1. The maximum Gasteiger partial charge on any atom is 0.224 e. The molecule has 0 aromatic carbocycles. The molecule has 1 amide bonds. The number of furan rings is 1. The van der Waals surface area contributed by atoms with Gasteiger partial charge in [0, 0.05) is 38.1 Å². The van der Waals surface area contributed by atoms with Crippen molar-refractivity contribution < 1.29 is 13.9 Å². The summed E-state index contributed by atoms with van der Waals surface area (Å²) < 4.78 is 11.2. The molecule has 4 heterocycles. The molecular weight excluding hydrogens is 318 g/mol. The molecular formula is C19H23N3O3. The lowest BCUT2D eigenvalue weighted by atomic mass is 9.89. The Balaban J connectivity index is 1.41. The molecule has 25 heavy (non-hydrogen) atoms. The van der Waals surface area contributed by atoms with Gasteiger partial charge >= 0.3 is 0 Å². The first kappa shape index (κ1) is 16.3. The first-order valence-corrected chi connectivity index (χ1v) is 8.84. The summed E-state index contributed by atoms with van der Waals surface area (Å²) in [6.45, 7) is 2.80. The quantitative estimate of drug-likeness (QED) is 0.901. The molecule has 3 atom stereocenters. The summed E-state index contributed by atoms with van der Waals surface area (Å²) in [5.74, 6) is 0.786. The monoisotopic (exact) mass is 341 g/mol. The number of amides is 1. The summed E-state index contributed by atoms with van der Waals surface area (Å²) in [6, 6.07) is 8.17. The number of likely N-dealkylation sites (tertiary alicyclic amines) is 1. The number of rotatable bonds is 5. The summed E-state index contributed by atoms with van der Waals surface area (Å²) in [4.78, 5) is 19.1. The van der Waals surface area contributed by atoms with E-state index < -0.39 is 0 Å². The van der Waals surface area contributed by atoms with Crippen LogP contribution in [-0.4, -0.2) is 41.1 Å². The van der Waals surface area contributed by atoms with E-state index in [2.05, 4.69) is 15.2 Å². The normalized spacial score (nSPS) is 26.3. The molecule has 6 heteroatoms. The fourth-order valence-electron chi connectivity index (χ4n) is 3.88. The van der Waals surface area contributed by atoms with Gasteiger partial charge in [-0.2, -0.15) is 0 Å². The summed E-state index contributed by atoms with van der Waals surface area (Å²) in [7, 11) is 0. The van der Waals surface area contributed by atoms with Crippen molar-refractivity contribution in [2.45, 2.75) is 38.1 Å². The Morgan fingerprint density at radius 1 is 1.32 bits per heavy atom. The number of aromatic nitrogens is 1. The second-order valence-electron chi connectivity index (χ2n) is 6.78. The second kappa shape index (κ2) is 7.37. The molecule has 0 radical (unpaired) electrons. The number of carbonyl (C=O) groups excluding carboxylic acids is 1. The van der Waals surface area contributed by atoms with Crippen LogP contribution in [0.15, 0.2) is 47.3 Å². The van der Waals surface area contributed by atoms with Crippen LogP contribution >= 0.6 is 0 Å². The lowest BCUT2D eigenvalue weighted by Crippen LogP contribution is -2.52. The Labute approximate surface area is 147 Å². The van der Waals surface area contributed by atoms with Crippen molar-refractivity contribution >= 4 is 5.91 Å². The van der Waals surface area contributed by atoms with E-state index >= 15 is 0 Å². The van der Waals surface area contributed by atoms with Crippen LogP contribution in [0.1, 0.15) is 24.2 Å². The first-order valence-electron chi connectivity index (χ1n) is 8.84. The molecule has 4 rings (SSSR count). The van der Waals surface area contributed by atoms with E-state index in [0.29, 0.717) is 12.6 Å². The lowest BCUT2D eigenvalue weighted by molar-refractivity contribution is -0.130. The number of carbonyl (C=O) groups is 1. The molecule has 0 unspecified atom stereocenters. The lowest BCUT2D eigenvalue weighted by Gasteiger charge is -2.40. The van der Waals surface area contributed by atoms with Gasteiger partial charge in [0.1, 0.15) is 5.76 Å². The Kier molecular flexibility index (Phi) is 4.81. The minimum absolute atomic E-state index is 0.0591. The Morgan fingerprint density at radius 2 is 2.20 bits per heavy atom. The summed E-state index contributed by atoms with van der Waals surface area (Å²) in [6.07, 6.45) is 7.23. The van der Waals surface area contributed by atoms with Crippen LogP contribution in [0.4, 0.5) is 0 Å². The molecule has 0 aliphatic carbocycles. The number of piperidine rings is 1. The molecule has 2 aliphatic heterocycles. The van der Waals surface area contributed by atoms with E-state index in [4.69, 9.17) is 9.15 Å². The van der Waals surface area contributed by atoms with Crippen molar-refractivity contribution in [3.8, 4) is 0 Å². The molecule has 2 aliphatic rings. The van der Waals surface area contributed by atoms with Gasteiger partial charge in [0.2, 0.25) is 5.91 Å². The third kappa shape index (κ3) is 3.75. The largest absolute Gasteiger partial charge is 0.467 e. The Hall–Kier alpha value is -2.18. The van der Waals surface area contributed by atoms with E-state index in [9.17, 15) is 4.79 Å². The number of nitrogens with one attached hydrogen (secondary N) is 1. The van der Waals surface area contributed by atoms with Crippen LogP contribution in [-0.2, 0) is 22.6 Å². The fraction of sp³-hybridized carbons (Fsp3) is 0.474. The van der Waals surface area contributed by atoms with Crippen molar-refractivity contribution in [1.82, 2.24) is 15.2 Å². The van der Waals surface area contributed by atoms with Gasteiger partial charge in [-0.3, -0.25) is 14.7 Å². The van der Waals surface area contributed by atoms with Gasteiger partial charge in [0.15, 0.2) is 0 Å². The summed E-state index contributed by atoms with van der Waals surface area (Å²) in [5, 5.41) is 2.99. The van der Waals surface area contributed by atoms with Crippen LogP contribution in [0.2, 0.25) is 0 Å². The predicted molar refractivity (Wildman–Crippen MR) is 91.5 cm³/mol. The average Bonchev–Trinajstić information content (AvgIpc) is 3.32. The van der Waals surface area contributed by atoms with Crippen LogP contribution in [0, 0.1) is 5.92 Å². The maximum atomic E-state index is 12.6. The van der Waals surface area contributed by atoms with E-state index in [1.807, 2.05) is 36.7 Å². The smallest absolute Gasteiger partial charge is 0.224 e. The van der Waals surface area contributed by atoms with Gasteiger partial charge in [-0.1, -0.05) is 0 Å². The van der Waals surface area contributed by atoms with Crippen molar-refractivity contribution in [2.75, 3.05) is 13.2 Å². The van der Waals surface area contributed by atoms with Crippen LogP contribution in [0.3, 0.4) is 0 Å². The highest BCUT2D eigenvalue weighted by Gasteiger charge is 2.42. The molecule has 0 spiro atoms. The summed E-state index contributed by atoms with van der Waals surface area (Å²) in [5.41, 5.74) is 1.22. The van der Waals surface area contributed by atoms with E-state index in [-0.39, 0.29) is 17.9 Å². The number of ether oxygens (including phenoxy) is 1. The average molecular weight is 341 g/mol. The SMILES string of the molecule is O=C(NCc1ccco1)[C@H]1C[C@H]2OCC[C@H]2N(Cc2ccncc2)C1. The standard InChI is InChI=1S/C19H23N3O3/c23-19(21-11-16-2-1-8-24-16)15-10-18-17(5-9-25-18)22(13-15)12-14-3-6-20-7-4-14/h1-4,6-8,15,17-18H,5,9-13H2,(H,21,23)/t15-,17+,18+/m0/s1. The highest BCUT2D eigenvalue weighted by Crippen LogP contribution is 2.32. The third-order valence-corrected chi connectivity index (χ3v) is 5.14. The van der Waals surface area contributed by atoms with Crippen LogP contribution in [0.5, 0.6) is 0 Å². The molecule has 2 aromatic rings. The number of fused-ring (bicyclic) bond motifs is 1. The molecule has 132 valence electrons. The highest BCUT2D eigenvalue weighted by atomic mass is 16.5. The predicted octanol–water partition coefficient (Wildman–Crippen LogP) is 1.97. The number of pyridine rings is 1. The molecule has 6 nitrogen and oxygen atoms in total. The Bertz CT molecular complexity index is 689. The summed E-state index contributed by atoms with van der Waals surface area (Å²) >= 11 is 0. The van der Waals surface area contributed by atoms with Crippen molar-refractivity contribution in [3.05, 3.63) is 54.2 Å². The van der Waals surface area contributed by atoms with E-state index in [1.54, 1.807) is 6.26 Å². The first-order chi connectivity index (χ1) is 12.3. The van der Waals surface area contributed by atoms with Crippen molar-refractivity contribution in [2.24, 2.45) is 5.92 Å². The molecule has 2 fully saturated rings. The zero-order valence-electron chi connectivity index (χ0n) is 14.1. The van der Waals surface area contributed by atoms with Gasteiger partial charge in [-0.05, 0) is 42.7 Å². The minimum Gasteiger partial charge on any atom is -0.467 e. The molecule has 2 aromatic heterocycles. The number of hydrogen-bond acceptors (Lipinski definition) is 5. The molecule has 0 bridgehead atoms. The molecule has 2 saturated heterocycles. The molecule has 1 N–H and O–H groups in total. The van der Waals surface area contributed by atoms with Crippen molar-refractivity contribution in [3.63, 3.8) is 0 Å². The van der Waals surface area contributed by atoms with Gasteiger partial charge in [0.05, 0.1) is 24.8 Å². The van der Waals surface area contributed by atoms with E-state index in [0.717, 1.165) is 38.3 Å². The zero-order chi connectivity index (χ0) is 17.1. The minimum atomic E-state index is -0.0591. The Morgan fingerprint density at radius 3 is 3.00 bits per heavy atom. The van der Waals surface area contributed by atoms with Crippen molar-refractivity contribution in [1.29, 1.82) is 0 Å². The fourth-order valence-corrected chi connectivity index (χ4v) is 3.88. The number of nitrogens with zero attached hydrogens (tertiary/aromatic N) is 2. The van der Waals surface area contributed by atoms with Gasteiger partial charge in [-0.15, -0.1) is 0 Å². The van der Waals surface area contributed by atoms with Crippen LogP contribution in [0.25, 0.3) is 0 Å². The van der Waals surface area contributed by atoms with Gasteiger partial charge in [0.25, 0.3) is 0 Å². The zero-order valence-corrected chi connectivity index (χ0v) is 14.1.